The minimum Gasteiger partial charge on any atom is -0.354 e. The van der Waals surface area contributed by atoms with Crippen molar-refractivity contribution in [3.05, 3.63) is 41.4 Å². The molecule has 130 valence electrons. The van der Waals surface area contributed by atoms with Crippen molar-refractivity contribution in [3.8, 4) is 0 Å². The maximum absolute atomic E-state index is 13.2. The van der Waals surface area contributed by atoms with Gasteiger partial charge in [0.05, 0.1) is 36.3 Å². The first-order valence-electron chi connectivity index (χ1n) is 8.23. The van der Waals surface area contributed by atoms with Gasteiger partial charge in [-0.25, -0.2) is 4.90 Å². The van der Waals surface area contributed by atoms with Gasteiger partial charge in [0, 0.05) is 5.02 Å². The molecule has 0 N–H and O–H groups in total. The second-order valence-electron chi connectivity index (χ2n) is 6.99. The fourth-order valence-electron chi connectivity index (χ4n) is 4.52. The number of carbonyl (C=O) groups is 2. The second-order valence-corrected chi connectivity index (χ2v) is 7.43. The number of hydrogen-bond acceptors (Lipinski definition) is 5. The lowest BCUT2D eigenvalue weighted by molar-refractivity contribution is -0.190. The van der Waals surface area contributed by atoms with Crippen molar-refractivity contribution >= 4 is 29.1 Å². The Morgan fingerprint density at radius 3 is 2.36 bits per heavy atom. The van der Waals surface area contributed by atoms with Gasteiger partial charge in [-0.2, -0.15) is 0 Å². The van der Waals surface area contributed by atoms with Crippen molar-refractivity contribution in [1.82, 2.24) is 0 Å². The molecule has 4 atom stereocenters. The minimum atomic E-state index is -1.05. The van der Waals surface area contributed by atoms with Crippen LogP contribution in [0.2, 0.25) is 5.02 Å². The van der Waals surface area contributed by atoms with Gasteiger partial charge in [-0.05, 0) is 37.3 Å². The fourth-order valence-corrected chi connectivity index (χ4v) is 4.64. The van der Waals surface area contributed by atoms with E-state index >= 15 is 0 Å². The van der Waals surface area contributed by atoms with Gasteiger partial charge >= 0.3 is 0 Å². The number of ether oxygens (including phenoxy) is 3. The van der Waals surface area contributed by atoms with Crippen LogP contribution in [0.3, 0.4) is 0 Å². The summed E-state index contributed by atoms with van der Waals surface area (Å²) in [5.41, 5.74) is -1.38. The maximum Gasteiger partial charge on any atom is 0.241 e. The van der Waals surface area contributed by atoms with E-state index in [1.807, 2.05) is 19.1 Å². The van der Waals surface area contributed by atoms with E-state index in [-0.39, 0.29) is 11.8 Å². The largest absolute Gasteiger partial charge is 0.354 e. The lowest BCUT2D eigenvalue weighted by Crippen LogP contribution is -2.49. The average Bonchev–Trinajstić information content (AvgIpc) is 3.31. The SMILES string of the molecule is C[C@@]12C=C[C@@](C3OCCO3)(O1)[C@@H]1C(=O)N(c3ccc(Cl)cc3)C(=O)[C@H]12. The predicted molar refractivity (Wildman–Crippen MR) is 88.0 cm³/mol. The van der Waals surface area contributed by atoms with Crippen LogP contribution in [0.25, 0.3) is 0 Å². The Kier molecular flexibility index (Phi) is 3.05. The van der Waals surface area contributed by atoms with Gasteiger partial charge in [0.15, 0.2) is 11.9 Å². The third-order valence-corrected chi connectivity index (χ3v) is 5.81. The molecule has 3 fully saturated rings. The van der Waals surface area contributed by atoms with Gasteiger partial charge in [0.1, 0.15) is 0 Å². The summed E-state index contributed by atoms with van der Waals surface area (Å²) in [6, 6.07) is 6.67. The number of carbonyl (C=O) groups excluding carboxylic acids is 2. The van der Waals surface area contributed by atoms with Crippen LogP contribution in [0.5, 0.6) is 0 Å². The Hall–Kier alpha value is -1.73. The zero-order valence-corrected chi connectivity index (χ0v) is 14.2. The van der Waals surface area contributed by atoms with Crippen LogP contribution < -0.4 is 4.90 Å². The first-order chi connectivity index (χ1) is 12.0. The lowest BCUT2D eigenvalue weighted by atomic mass is 9.72. The van der Waals surface area contributed by atoms with Crippen LogP contribution in [0, 0.1) is 11.8 Å². The summed E-state index contributed by atoms with van der Waals surface area (Å²) in [6.45, 7) is 2.73. The van der Waals surface area contributed by atoms with Crippen LogP contribution >= 0.6 is 11.6 Å². The molecule has 4 heterocycles. The number of amides is 2. The van der Waals surface area contributed by atoms with Crippen LogP contribution in [-0.2, 0) is 23.8 Å². The first-order valence-corrected chi connectivity index (χ1v) is 8.61. The highest BCUT2D eigenvalue weighted by Gasteiger charge is 2.75. The fraction of sp³-hybridized carbons (Fsp3) is 0.444. The summed E-state index contributed by atoms with van der Waals surface area (Å²) >= 11 is 5.92. The van der Waals surface area contributed by atoms with Crippen molar-refractivity contribution in [3.63, 3.8) is 0 Å². The molecule has 5 rings (SSSR count). The molecule has 0 aliphatic carbocycles. The average molecular weight is 362 g/mol. The van der Waals surface area contributed by atoms with Crippen molar-refractivity contribution in [2.45, 2.75) is 24.4 Å². The number of hydrogen-bond donors (Lipinski definition) is 0. The Bertz CT molecular complexity index is 802. The molecule has 0 aromatic heterocycles. The molecular weight excluding hydrogens is 346 g/mol. The van der Waals surface area contributed by atoms with Crippen LogP contribution in [0.1, 0.15) is 6.92 Å². The predicted octanol–water partition coefficient (Wildman–Crippen LogP) is 1.92. The van der Waals surface area contributed by atoms with Gasteiger partial charge in [0.25, 0.3) is 0 Å². The van der Waals surface area contributed by atoms with E-state index in [9.17, 15) is 9.59 Å². The highest BCUT2D eigenvalue weighted by molar-refractivity contribution is 6.31. The number of fused-ring (bicyclic) bond motifs is 5. The molecule has 0 saturated carbocycles. The molecule has 6 nitrogen and oxygen atoms in total. The summed E-state index contributed by atoms with van der Waals surface area (Å²) in [4.78, 5) is 27.6. The molecule has 7 heteroatoms. The van der Waals surface area contributed by atoms with Crippen LogP contribution in [-0.4, -0.2) is 42.5 Å². The van der Waals surface area contributed by atoms with E-state index in [0.717, 1.165) is 0 Å². The standard InChI is InChI=1S/C18H16ClNO5/c1-17-6-7-18(25-17,16-23-8-9-24-16)13-12(17)14(21)20(15(13)22)11-4-2-10(19)3-5-11/h2-7,12-13,16H,8-9H2,1H3/t12-,13-,17-,18+/m0/s1. The molecule has 4 aliphatic heterocycles. The van der Waals surface area contributed by atoms with Crippen LogP contribution in [0.4, 0.5) is 5.69 Å². The minimum absolute atomic E-state index is 0.260. The maximum atomic E-state index is 13.2. The van der Waals surface area contributed by atoms with E-state index in [0.29, 0.717) is 23.9 Å². The number of imide groups is 1. The highest BCUT2D eigenvalue weighted by Crippen LogP contribution is 2.59. The Morgan fingerprint density at radius 2 is 1.68 bits per heavy atom. The molecule has 0 unspecified atom stereocenters. The Labute approximate surface area is 149 Å². The summed E-state index contributed by atoms with van der Waals surface area (Å²) < 4.78 is 17.5. The van der Waals surface area contributed by atoms with Crippen LogP contribution in [0.15, 0.2) is 36.4 Å². The molecule has 2 bridgehead atoms. The Morgan fingerprint density at radius 1 is 1.04 bits per heavy atom. The van der Waals surface area contributed by atoms with E-state index in [1.165, 1.54) is 4.90 Å². The molecule has 1 aromatic carbocycles. The van der Waals surface area contributed by atoms with Crippen molar-refractivity contribution in [2.24, 2.45) is 11.8 Å². The smallest absolute Gasteiger partial charge is 0.241 e. The zero-order valence-electron chi connectivity index (χ0n) is 13.5. The van der Waals surface area contributed by atoms with E-state index in [4.69, 9.17) is 25.8 Å². The molecule has 2 amide bonds. The summed E-state index contributed by atoms with van der Waals surface area (Å²) in [6.07, 6.45) is 3.01. The van der Waals surface area contributed by atoms with E-state index in [1.54, 1.807) is 24.3 Å². The number of anilines is 1. The van der Waals surface area contributed by atoms with Crippen molar-refractivity contribution < 1.29 is 23.8 Å². The number of rotatable bonds is 2. The van der Waals surface area contributed by atoms with Gasteiger partial charge in [-0.15, -0.1) is 0 Å². The summed E-state index contributed by atoms with van der Waals surface area (Å²) in [5, 5.41) is 0.546. The zero-order chi connectivity index (χ0) is 17.4. The lowest BCUT2D eigenvalue weighted by Gasteiger charge is -2.32. The third-order valence-electron chi connectivity index (χ3n) is 5.56. The second kappa shape index (κ2) is 4.92. The molecule has 0 spiro atoms. The highest BCUT2D eigenvalue weighted by atomic mass is 35.5. The molecule has 4 aliphatic rings. The number of halogens is 1. The number of benzene rings is 1. The van der Waals surface area contributed by atoms with Gasteiger partial charge in [0.2, 0.25) is 11.8 Å². The van der Waals surface area contributed by atoms with E-state index in [2.05, 4.69) is 0 Å². The van der Waals surface area contributed by atoms with Crippen molar-refractivity contribution in [1.29, 1.82) is 0 Å². The normalized spacial score (nSPS) is 39.7. The van der Waals surface area contributed by atoms with Crippen molar-refractivity contribution in [2.75, 3.05) is 18.1 Å². The summed E-state index contributed by atoms with van der Waals surface area (Å²) in [5.74, 6) is -1.80. The van der Waals surface area contributed by atoms with E-state index < -0.39 is 29.3 Å². The van der Waals surface area contributed by atoms with Gasteiger partial charge in [-0.3, -0.25) is 9.59 Å². The molecule has 3 saturated heterocycles. The third kappa shape index (κ3) is 1.85. The van der Waals surface area contributed by atoms with Gasteiger partial charge < -0.3 is 14.2 Å². The van der Waals surface area contributed by atoms with Gasteiger partial charge in [-0.1, -0.05) is 17.7 Å². The topological polar surface area (TPSA) is 65.1 Å². The number of nitrogens with zero attached hydrogens (tertiary/aromatic N) is 1. The molecule has 1 aromatic rings. The Balaban J connectivity index is 1.59. The quantitative estimate of drug-likeness (QED) is 0.595. The molecular formula is C18H16ClNO5. The molecule has 0 radical (unpaired) electrons. The molecule has 25 heavy (non-hydrogen) atoms. The summed E-state index contributed by atoms with van der Waals surface area (Å²) in [7, 11) is 0. The monoisotopic (exact) mass is 361 g/mol. The first kappa shape index (κ1) is 15.5.